The molecule has 5 atom stereocenters. The SMILES string of the molecule is CC(N)C(=O)NC(CC(=O)O)C(=O)NC(C(=O)NC(CS)C(=O)O)C(C)O. The first-order valence-electron chi connectivity index (χ1n) is 7.80. The van der Waals surface area contributed by atoms with E-state index in [1.165, 1.54) is 6.92 Å². The van der Waals surface area contributed by atoms with Crippen molar-refractivity contribution in [2.45, 2.75) is 50.5 Å². The fourth-order valence-electron chi connectivity index (χ4n) is 1.79. The summed E-state index contributed by atoms with van der Waals surface area (Å²) >= 11 is 3.78. The molecule has 27 heavy (non-hydrogen) atoms. The van der Waals surface area contributed by atoms with Crippen LogP contribution in [-0.4, -0.2) is 81.0 Å². The maximum atomic E-state index is 12.3. The number of carbonyl (C=O) groups excluding carboxylic acids is 3. The molecule has 5 unspecified atom stereocenters. The number of aliphatic hydroxyl groups is 1. The van der Waals surface area contributed by atoms with E-state index in [0.717, 1.165) is 6.92 Å². The minimum atomic E-state index is -1.59. The predicted octanol–water partition coefficient (Wildman–Crippen LogP) is -3.34. The molecule has 154 valence electrons. The van der Waals surface area contributed by atoms with Crippen LogP contribution in [-0.2, 0) is 24.0 Å². The molecule has 0 fully saturated rings. The van der Waals surface area contributed by atoms with E-state index in [0.29, 0.717) is 0 Å². The number of hydrogen-bond donors (Lipinski definition) is 8. The van der Waals surface area contributed by atoms with Crippen molar-refractivity contribution in [1.82, 2.24) is 16.0 Å². The smallest absolute Gasteiger partial charge is 0.327 e. The minimum Gasteiger partial charge on any atom is -0.481 e. The van der Waals surface area contributed by atoms with Crippen LogP contribution in [0, 0.1) is 0 Å². The lowest BCUT2D eigenvalue weighted by molar-refractivity contribution is -0.143. The zero-order valence-corrected chi connectivity index (χ0v) is 15.6. The summed E-state index contributed by atoms with van der Waals surface area (Å²) in [6, 6.07) is -5.54. The van der Waals surface area contributed by atoms with Gasteiger partial charge in [0.1, 0.15) is 18.1 Å². The van der Waals surface area contributed by atoms with Gasteiger partial charge in [0.05, 0.1) is 18.6 Å². The second-order valence-corrected chi connectivity index (χ2v) is 6.12. The first-order valence-corrected chi connectivity index (χ1v) is 8.44. The number of nitrogens with one attached hydrogen (secondary N) is 3. The monoisotopic (exact) mass is 408 g/mol. The number of rotatable bonds is 11. The molecule has 3 amide bonds. The van der Waals surface area contributed by atoms with E-state index in [-0.39, 0.29) is 5.75 Å². The molecule has 0 heterocycles. The summed E-state index contributed by atoms with van der Waals surface area (Å²) < 4.78 is 0. The average molecular weight is 408 g/mol. The Labute approximate surface area is 160 Å². The molecule has 0 bridgehead atoms. The van der Waals surface area contributed by atoms with Crippen LogP contribution in [0.5, 0.6) is 0 Å². The number of nitrogens with two attached hydrogens (primary N) is 1. The number of carboxylic acid groups (broad SMARTS) is 2. The number of aliphatic hydroxyl groups excluding tert-OH is 1. The van der Waals surface area contributed by atoms with Gasteiger partial charge in [-0.05, 0) is 13.8 Å². The molecule has 8 N–H and O–H groups in total. The van der Waals surface area contributed by atoms with Gasteiger partial charge in [-0.25, -0.2) is 4.79 Å². The number of aliphatic carboxylic acids is 2. The van der Waals surface area contributed by atoms with Crippen molar-refractivity contribution < 1.29 is 39.3 Å². The molecule has 12 nitrogen and oxygen atoms in total. The van der Waals surface area contributed by atoms with Gasteiger partial charge in [-0.2, -0.15) is 12.6 Å². The van der Waals surface area contributed by atoms with E-state index in [1.807, 2.05) is 0 Å². The van der Waals surface area contributed by atoms with Gasteiger partial charge in [0, 0.05) is 5.75 Å². The van der Waals surface area contributed by atoms with Crippen LogP contribution in [0.15, 0.2) is 0 Å². The molecular formula is C14H24N4O8S. The molecule has 0 rings (SSSR count). The lowest BCUT2D eigenvalue weighted by atomic mass is 10.1. The lowest BCUT2D eigenvalue weighted by Crippen LogP contribution is -2.60. The van der Waals surface area contributed by atoms with E-state index in [1.54, 1.807) is 0 Å². The van der Waals surface area contributed by atoms with Crippen LogP contribution in [0.2, 0.25) is 0 Å². The highest BCUT2D eigenvalue weighted by Crippen LogP contribution is 2.01. The summed E-state index contributed by atoms with van der Waals surface area (Å²) in [6.07, 6.45) is -2.25. The van der Waals surface area contributed by atoms with Gasteiger partial charge < -0.3 is 37.0 Å². The van der Waals surface area contributed by atoms with Crippen molar-refractivity contribution in [2.75, 3.05) is 5.75 Å². The molecule has 0 aromatic heterocycles. The number of thiol groups is 1. The van der Waals surface area contributed by atoms with E-state index in [4.69, 9.17) is 15.9 Å². The Balaban J connectivity index is 5.29. The van der Waals surface area contributed by atoms with Crippen LogP contribution >= 0.6 is 12.6 Å². The molecule has 0 spiro atoms. The van der Waals surface area contributed by atoms with Gasteiger partial charge in [0.2, 0.25) is 17.7 Å². The molecule has 0 aliphatic rings. The van der Waals surface area contributed by atoms with Crippen molar-refractivity contribution in [3.05, 3.63) is 0 Å². The fourth-order valence-corrected chi connectivity index (χ4v) is 2.04. The van der Waals surface area contributed by atoms with Gasteiger partial charge in [0.15, 0.2) is 0 Å². The Morgan fingerprint density at radius 3 is 1.81 bits per heavy atom. The molecule has 0 aliphatic carbocycles. The number of carbonyl (C=O) groups is 5. The molecule has 0 saturated carbocycles. The van der Waals surface area contributed by atoms with Crippen LogP contribution in [0.25, 0.3) is 0 Å². The van der Waals surface area contributed by atoms with Crippen molar-refractivity contribution in [3.63, 3.8) is 0 Å². The Hall–Kier alpha value is -2.38. The third-order valence-corrected chi connectivity index (χ3v) is 3.65. The largest absolute Gasteiger partial charge is 0.481 e. The Morgan fingerprint density at radius 1 is 0.926 bits per heavy atom. The first-order chi connectivity index (χ1) is 12.4. The summed E-state index contributed by atoms with van der Waals surface area (Å²) in [5, 5.41) is 33.8. The zero-order valence-electron chi connectivity index (χ0n) is 14.7. The predicted molar refractivity (Wildman–Crippen MR) is 94.9 cm³/mol. The summed E-state index contributed by atoms with van der Waals surface area (Å²) in [5.74, 6) is -5.90. The third kappa shape index (κ3) is 8.70. The Kier molecular flexibility index (Phi) is 10.4. The van der Waals surface area contributed by atoms with Gasteiger partial charge in [-0.1, -0.05) is 0 Å². The van der Waals surface area contributed by atoms with E-state index in [9.17, 15) is 29.1 Å². The average Bonchev–Trinajstić information content (AvgIpc) is 2.55. The van der Waals surface area contributed by atoms with E-state index < -0.39 is 66.4 Å². The zero-order chi connectivity index (χ0) is 21.3. The van der Waals surface area contributed by atoms with Crippen LogP contribution < -0.4 is 21.7 Å². The van der Waals surface area contributed by atoms with Crippen molar-refractivity contribution in [3.8, 4) is 0 Å². The maximum absolute atomic E-state index is 12.3. The number of carboxylic acids is 2. The molecule has 0 saturated heterocycles. The fraction of sp³-hybridized carbons (Fsp3) is 0.643. The topological polar surface area (TPSA) is 208 Å². The molecule has 13 heteroatoms. The van der Waals surface area contributed by atoms with Gasteiger partial charge in [-0.3, -0.25) is 19.2 Å². The molecular weight excluding hydrogens is 384 g/mol. The molecule has 0 aromatic carbocycles. The van der Waals surface area contributed by atoms with Crippen molar-refractivity contribution in [2.24, 2.45) is 5.73 Å². The standard InChI is InChI=1S/C14H24N4O8S/c1-5(15)11(22)16-7(3-9(20)21)12(23)18-10(6(2)19)13(24)17-8(4-27)14(25)26/h5-8,10,19,27H,3-4,15H2,1-2H3,(H,16,22)(H,17,24)(H,18,23)(H,20,21)(H,25,26). The highest BCUT2D eigenvalue weighted by Gasteiger charge is 2.32. The summed E-state index contributed by atoms with van der Waals surface area (Å²) in [4.78, 5) is 58.0. The Bertz CT molecular complexity index is 583. The summed E-state index contributed by atoms with van der Waals surface area (Å²) in [6.45, 7) is 2.48. The van der Waals surface area contributed by atoms with E-state index in [2.05, 4.69) is 28.6 Å². The minimum absolute atomic E-state index is 0.242. The Morgan fingerprint density at radius 2 is 1.44 bits per heavy atom. The second kappa shape index (κ2) is 11.4. The summed E-state index contributed by atoms with van der Waals surface area (Å²) in [5.41, 5.74) is 5.35. The lowest BCUT2D eigenvalue weighted by Gasteiger charge is -2.25. The van der Waals surface area contributed by atoms with Crippen molar-refractivity contribution in [1.29, 1.82) is 0 Å². The highest BCUT2D eigenvalue weighted by molar-refractivity contribution is 7.80. The third-order valence-electron chi connectivity index (χ3n) is 3.29. The van der Waals surface area contributed by atoms with Gasteiger partial charge >= 0.3 is 11.9 Å². The molecule has 0 aromatic rings. The van der Waals surface area contributed by atoms with Crippen molar-refractivity contribution >= 4 is 42.3 Å². The van der Waals surface area contributed by atoms with Crippen LogP contribution in [0.1, 0.15) is 20.3 Å². The summed E-state index contributed by atoms with van der Waals surface area (Å²) in [7, 11) is 0. The quantitative estimate of drug-likeness (QED) is 0.160. The van der Waals surface area contributed by atoms with E-state index >= 15 is 0 Å². The number of amides is 3. The van der Waals surface area contributed by atoms with Crippen LogP contribution in [0.4, 0.5) is 0 Å². The maximum Gasteiger partial charge on any atom is 0.327 e. The van der Waals surface area contributed by atoms with Crippen LogP contribution in [0.3, 0.4) is 0 Å². The van der Waals surface area contributed by atoms with Gasteiger partial charge in [-0.15, -0.1) is 0 Å². The first kappa shape index (κ1) is 24.6. The molecule has 0 aliphatic heterocycles. The molecule has 0 radical (unpaired) electrons. The second-order valence-electron chi connectivity index (χ2n) is 5.76. The number of hydrogen-bond acceptors (Lipinski definition) is 8. The van der Waals surface area contributed by atoms with Gasteiger partial charge in [0.25, 0.3) is 0 Å². The highest BCUT2D eigenvalue weighted by atomic mass is 32.1. The normalized spacial score (nSPS) is 16.2.